The van der Waals surface area contributed by atoms with E-state index in [0.717, 1.165) is 30.7 Å². The smallest absolute Gasteiger partial charge is 0.137 e. The van der Waals surface area contributed by atoms with Crippen molar-refractivity contribution in [3.8, 4) is 0 Å². The molecule has 2 N–H and O–H groups in total. The normalized spacial score (nSPS) is 27.3. The van der Waals surface area contributed by atoms with Crippen LogP contribution in [0.2, 0.25) is 0 Å². The van der Waals surface area contributed by atoms with Gasteiger partial charge in [0.05, 0.1) is 4.47 Å². The molecule has 0 aliphatic heterocycles. The number of halogens is 2. The molecule has 3 heteroatoms. The average Bonchev–Trinajstić information content (AvgIpc) is 2.57. The van der Waals surface area contributed by atoms with Crippen LogP contribution in [-0.2, 0) is 6.42 Å². The highest BCUT2D eigenvalue weighted by Crippen LogP contribution is 2.33. The van der Waals surface area contributed by atoms with Gasteiger partial charge in [-0.05, 0) is 65.2 Å². The summed E-state index contributed by atoms with van der Waals surface area (Å²) >= 11 is 3.26. The summed E-state index contributed by atoms with van der Waals surface area (Å²) < 4.78 is 13.8. The van der Waals surface area contributed by atoms with Gasteiger partial charge >= 0.3 is 0 Å². The van der Waals surface area contributed by atoms with Gasteiger partial charge in [0, 0.05) is 5.54 Å². The zero-order valence-electron chi connectivity index (χ0n) is 12.3. The van der Waals surface area contributed by atoms with Crippen LogP contribution in [0.15, 0.2) is 22.7 Å². The van der Waals surface area contributed by atoms with Gasteiger partial charge in [-0.15, -0.1) is 0 Å². The van der Waals surface area contributed by atoms with Crippen molar-refractivity contribution in [2.75, 3.05) is 0 Å². The van der Waals surface area contributed by atoms with Crippen molar-refractivity contribution in [2.45, 2.75) is 63.8 Å². The van der Waals surface area contributed by atoms with Gasteiger partial charge in [-0.2, -0.15) is 0 Å². The van der Waals surface area contributed by atoms with Gasteiger partial charge in [-0.25, -0.2) is 4.39 Å². The lowest BCUT2D eigenvalue weighted by molar-refractivity contribution is 0.355. The van der Waals surface area contributed by atoms with E-state index in [4.69, 9.17) is 5.73 Å². The van der Waals surface area contributed by atoms with Gasteiger partial charge in [0.25, 0.3) is 0 Å². The van der Waals surface area contributed by atoms with Crippen LogP contribution in [0.1, 0.15) is 57.4 Å². The summed E-state index contributed by atoms with van der Waals surface area (Å²) in [4.78, 5) is 0. The molecule has 1 nitrogen and oxygen atoms in total. The Bertz CT molecular complexity index is 449. The highest BCUT2D eigenvalue weighted by Gasteiger charge is 2.29. The first-order valence-electron chi connectivity index (χ1n) is 7.75. The molecule has 2 atom stereocenters. The maximum absolute atomic E-state index is 13.3. The number of benzene rings is 1. The average molecular weight is 342 g/mol. The van der Waals surface area contributed by atoms with Crippen molar-refractivity contribution in [3.63, 3.8) is 0 Å². The quantitative estimate of drug-likeness (QED) is 0.747. The van der Waals surface area contributed by atoms with Crippen molar-refractivity contribution in [3.05, 3.63) is 34.1 Å². The summed E-state index contributed by atoms with van der Waals surface area (Å²) in [6, 6.07) is 5.26. The van der Waals surface area contributed by atoms with E-state index in [2.05, 4.69) is 22.9 Å². The van der Waals surface area contributed by atoms with E-state index in [9.17, 15) is 4.39 Å². The lowest BCUT2D eigenvalue weighted by Crippen LogP contribution is -2.41. The Hall–Kier alpha value is -0.410. The maximum atomic E-state index is 13.3. The molecule has 1 aliphatic carbocycles. The first-order valence-corrected chi connectivity index (χ1v) is 8.54. The molecule has 2 rings (SSSR count). The maximum Gasteiger partial charge on any atom is 0.137 e. The second-order valence-corrected chi connectivity index (χ2v) is 7.23. The second kappa shape index (κ2) is 7.04. The third kappa shape index (κ3) is 4.29. The van der Waals surface area contributed by atoms with E-state index < -0.39 is 0 Å². The van der Waals surface area contributed by atoms with Crippen molar-refractivity contribution >= 4 is 15.9 Å². The number of nitrogens with two attached hydrogens (primary N) is 1. The fraction of sp³-hybridized carbons (Fsp3) is 0.647. The molecular weight excluding hydrogens is 317 g/mol. The summed E-state index contributed by atoms with van der Waals surface area (Å²) in [7, 11) is 0. The van der Waals surface area contributed by atoms with Crippen LogP contribution in [-0.4, -0.2) is 5.54 Å². The molecule has 1 saturated carbocycles. The Labute approximate surface area is 130 Å². The fourth-order valence-corrected chi connectivity index (χ4v) is 3.86. The molecule has 1 aromatic carbocycles. The van der Waals surface area contributed by atoms with E-state index >= 15 is 0 Å². The van der Waals surface area contributed by atoms with Crippen LogP contribution >= 0.6 is 15.9 Å². The van der Waals surface area contributed by atoms with Gasteiger partial charge in [0.1, 0.15) is 5.82 Å². The van der Waals surface area contributed by atoms with E-state index in [1.165, 1.54) is 38.2 Å². The predicted molar refractivity (Wildman–Crippen MR) is 86.2 cm³/mol. The largest absolute Gasteiger partial charge is 0.325 e. The Morgan fingerprint density at radius 3 is 2.85 bits per heavy atom. The molecule has 0 radical (unpaired) electrons. The van der Waals surface area contributed by atoms with Crippen molar-refractivity contribution in [1.82, 2.24) is 0 Å². The molecule has 112 valence electrons. The first kappa shape index (κ1) is 16.0. The van der Waals surface area contributed by atoms with Crippen molar-refractivity contribution in [2.24, 2.45) is 11.7 Å². The summed E-state index contributed by atoms with van der Waals surface area (Å²) in [6.45, 7) is 2.26. The molecule has 0 spiro atoms. The van der Waals surface area contributed by atoms with E-state index in [0.29, 0.717) is 4.47 Å². The molecule has 0 saturated heterocycles. The van der Waals surface area contributed by atoms with Gasteiger partial charge in [-0.3, -0.25) is 0 Å². The summed E-state index contributed by atoms with van der Waals surface area (Å²) in [5, 5.41) is 0. The topological polar surface area (TPSA) is 26.0 Å². The van der Waals surface area contributed by atoms with E-state index in [1.54, 1.807) is 0 Å². The standard InChI is InChI=1S/C17H25BrFN/c1-2-4-13-5-3-9-17(20,10-8-13)12-14-6-7-16(19)15(18)11-14/h6-7,11,13H,2-5,8-10,12,20H2,1H3. The zero-order valence-corrected chi connectivity index (χ0v) is 13.9. The van der Waals surface area contributed by atoms with Gasteiger partial charge in [-0.1, -0.05) is 38.7 Å². The lowest BCUT2D eigenvalue weighted by Gasteiger charge is -2.28. The fourth-order valence-electron chi connectivity index (χ4n) is 3.43. The van der Waals surface area contributed by atoms with Crippen LogP contribution in [0.5, 0.6) is 0 Å². The van der Waals surface area contributed by atoms with E-state index in [1.807, 2.05) is 12.1 Å². The molecule has 1 aliphatic rings. The minimum atomic E-state index is -0.205. The molecular formula is C17H25BrFN. The molecule has 0 aromatic heterocycles. The van der Waals surface area contributed by atoms with Crippen LogP contribution in [0, 0.1) is 11.7 Å². The van der Waals surface area contributed by atoms with Gasteiger partial charge in [0.15, 0.2) is 0 Å². The molecule has 0 heterocycles. The second-order valence-electron chi connectivity index (χ2n) is 6.37. The van der Waals surface area contributed by atoms with Crippen molar-refractivity contribution < 1.29 is 4.39 Å². The van der Waals surface area contributed by atoms with Crippen molar-refractivity contribution in [1.29, 1.82) is 0 Å². The lowest BCUT2D eigenvalue weighted by atomic mass is 9.84. The summed E-state index contributed by atoms with van der Waals surface area (Å²) in [5.74, 6) is 0.647. The summed E-state index contributed by atoms with van der Waals surface area (Å²) in [5.41, 5.74) is 7.65. The highest BCUT2D eigenvalue weighted by molar-refractivity contribution is 9.10. The SMILES string of the molecule is CCCC1CCCC(N)(Cc2ccc(F)c(Br)c2)CC1. The first-order chi connectivity index (χ1) is 9.52. The molecule has 0 bridgehead atoms. The van der Waals surface area contributed by atoms with Crippen LogP contribution in [0.25, 0.3) is 0 Å². The predicted octanol–water partition coefficient (Wildman–Crippen LogP) is 5.21. The van der Waals surface area contributed by atoms with Crippen LogP contribution < -0.4 is 5.73 Å². The Kier molecular flexibility index (Phi) is 5.62. The van der Waals surface area contributed by atoms with Gasteiger partial charge < -0.3 is 5.73 Å². The molecule has 1 aromatic rings. The Morgan fingerprint density at radius 2 is 2.15 bits per heavy atom. The zero-order chi connectivity index (χ0) is 14.6. The van der Waals surface area contributed by atoms with Gasteiger partial charge in [0.2, 0.25) is 0 Å². The minimum Gasteiger partial charge on any atom is -0.325 e. The number of hydrogen-bond acceptors (Lipinski definition) is 1. The molecule has 2 unspecified atom stereocenters. The Balaban J connectivity index is 2.01. The van der Waals surface area contributed by atoms with Crippen LogP contribution in [0.3, 0.4) is 0 Å². The monoisotopic (exact) mass is 341 g/mol. The van der Waals surface area contributed by atoms with E-state index in [-0.39, 0.29) is 11.4 Å². The third-order valence-corrected chi connectivity index (χ3v) is 5.18. The molecule has 0 amide bonds. The summed E-state index contributed by atoms with van der Waals surface area (Å²) in [6.07, 6.45) is 9.42. The highest BCUT2D eigenvalue weighted by atomic mass is 79.9. The molecule has 20 heavy (non-hydrogen) atoms. The third-order valence-electron chi connectivity index (χ3n) is 4.57. The Morgan fingerprint density at radius 1 is 1.35 bits per heavy atom. The number of rotatable bonds is 4. The van der Waals surface area contributed by atoms with Crippen LogP contribution in [0.4, 0.5) is 4.39 Å². The minimum absolute atomic E-state index is 0.111. The number of hydrogen-bond donors (Lipinski definition) is 1. The molecule has 1 fully saturated rings.